The van der Waals surface area contributed by atoms with Crippen LogP contribution >= 0.6 is 11.6 Å². The zero-order chi connectivity index (χ0) is 14.5. The minimum absolute atomic E-state index is 0.345. The summed E-state index contributed by atoms with van der Waals surface area (Å²) in [5.74, 6) is 0.352. The number of aromatic nitrogens is 2. The highest BCUT2D eigenvalue weighted by atomic mass is 35.5. The Bertz CT molecular complexity index is 633. The molecule has 0 unspecified atom stereocenters. The van der Waals surface area contributed by atoms with E-state index in [-0.39, 0.29) is 0 Å². The Morgan fingerprint density at radius 2 is 2.10 bits per heavy atom. The van der Waals surface area contributed by atoms with E-state index in [4.69, 9.17) is 16.3 Å². The number of halogens is 1. The van der Waals surface area contributed by atoms with E-state index in [1.54, 1.807) is 13.0 Å². The van der Waals surface area contributed by atoms with Crippen LogP contribution in [0.15, 0.2) is 36.4 Å². The van der Waals surface area contributed by atoms with Crippen molar-refractivity contribution in [2.24, 2.45) is 7.05 Å². The van der Waals surface area contributed by atoms with Gasteiger partial charge in [-0.1, -0.05) is 41.9 Å². The molecule has 0 saturated carbocycles. The second-order valence-corrected chi connectivity index (χ2v) is 4.48. The smallest absolute Gasteiger partial charge is 0.330 e. The summed E-state index contributed by atoms with van der Waals surface area (Å²) in [4.78, 5) is 15.7. The number of imidazole rings is 1. The summed E-state index contributed by atoms with van der Waals surface area (Å²) in [6, 6.07) is 9.72. The Morgan fingerprint density at radius 3 is 2.75 bits per heavy atom. The van der Waals surface area contributed by atoms with Crippen molar-refractivity contribution in [2.45, 2.75) is 6.92 Å². The van der Waals surface area contributed by atoms with Gasteiger partial charge in [0.1, 0.15) is 5.82 Å². The van der Waals surface area contributed by atoms with Crippen LogP contribution in [-0.4, -0.2) is 22.1 Å². The van der Waals surface area contributed by atoms with E-state index in [1.165, 1.54) is 6.08 Å². The number of ether oxygens (including phenoxy) is 1. The molecule has 104 valence electrons. The molecule has 0 saturated heterocycles. The molecule has 0 aliphatic rings. The number of hydrogen-bond acceptors (Lipinski definition) is 3. The third-order valence-electron chi connectivity index (χ3n) is 2.79. The number of benzene rings is 1. The molecule has 0 fully saturated rings. The molecule has 2 aromatic rings. The third kappa shape index (κ3) is 3.08. The maximum Gasteiger partial charge on any atom is 0.330 e. The maximum absolute atomic E-state index is 11.3. The fraction of sp³-hybridized carbons (Fsp3) is 0.200. The molecule has 1 aromatic heterocycles. The van der Waals surface area contributed by atoms with Crippen molar-refractivity contribution in [1.82, 2.24) is 9.55 Å². The molecule has 0 aliphatic heterocycles. The lowest BCUT2D eigenvalue weighted by molar-refractivity contribution is -0.137. The summed E-state index contributed by atoms with van der Waals surface area (Å²) in [6.07, 6.45) is 2.96. The summed E-state index contributed by atoms with van der Waals surface area (Å²) >= 11 is 6.13. The highest BCUT2D eigenvalue weighted by Gasteiger charge is 2.12. The van der Waals surface area contributed by atoms with Crippen LogP contribution in [0, 0.1) is 0 Å². The molecular formula is C15H15ClN2O2. The monoisotopic (exact) mass is 290 g/mol. The lowest BCUT2D eigenvalue weighted by Gasteiger charge is -2.03. The first kappa shape index (κ1) is 14.3. The second kappa shape index (κ2) is 6.39. The number of rotatable bonds is 4. The van der Waals surface area contributed by atoms with E-state index in [1.807, 2.05) is 41.9 Å². The van der Waals surface area contributed by atoms with Crippen LogP contribution in [0.4, 0.5) is 0 Å². The zero-order valence-corrected chi connectivity index (χ0v) is 12.1. The Hall–Kier alpha value is -2.07. The summed E-state index contributed by atoms with van der Waals surface area (Å²) in [7, 11) is 1.85. The van der Waals surface area contributed by atoms with Gasteiger partial charge in [-0.2, -0.15) is 0 Å². The van der Waals surface area contributed by atoms with Gasteiger partial charge in [-0.05, 0) is 13.0 Å². The van der Waals surface area contributed by atoms with Gasteiger partial charge in [-0.15, -0.1) is 0 Å². The van der Waals surface area contributed by atoms with Gasteiger partial charge < -0.3 is 9.30 Å². The summed E-state index contributed by atoms with van der Waals surface area (Å²) in [6.45, 7) is 2.11. The maximum atomic E-state index is 11.3. The summed E-state index contributed by atoms with van der Waals surface area (Å²) in [5.41, 5.74) is 1.63. The minimum Gasteiger partial charge on any atom is -0.463 e. The SMILES string of the molecule is CCOC(=O)/C=C/c1c(Cl)nc(-c2ccccc2)n1C. The second-order valence-electron chi connectivity index (χ2n) is 4.12. The van der Waals surface area contributed by atoms with E-state index >= 15 is 0 Å². The highest BCUT2D eigenvalue weighted by molar-refractivity contribution is 6.31. The molecule has 1 heterocycles. The van der Waals surface area contributed by atoms with E-state index < -0.39 is 5.97 Å². The van der Waals surface area contributed by atoms with Crippen LogP contribution in [-0.2, 0) is 16.6 Å². The lowest BCUT2D eigenvalue weighted by Crippen LogP contribution is -2.00. The number of carbonyl (C=O) groups excluding carboxylic acids is 1. The van der Waals surface area contributed by atoms with Crippen molar-refractivity contribution in [2.75, 3.05) is 6.61 Å². The first-order valence-electron chi connectivity index (χ1n) is 6.26. The first-order valence-corrected chi connectivity index (χ1v) is 6.63. The van der Waals surface area contributed by atoms with Gasteiger partial charge >= 0.3 is 5.97 Å². The number of esters is 1. The fourth-order valence-electron chi connectivity index (χ4n) is 1.84. The van der Waals surface area contributed by atoms with Crippen LogP contribution in [0.25, 0.3) is 17.5 Å². The Kier molecular flexibility index (Phi) is 4.58. The summed E-state index contributed by atoms with van der Waals surface area (Å²) < 4.78 is 6.68. The third-order valence-corrected chi connectivity index (χ3v) is 3.07. The van der Waals surface area contributed by atoms with Crippen LogP contribution in [0.2, 0.25) is 5.15 Å². The van der Waals surface area contributed by atoms with E-state index in [0.717, 1.165) is 11.4 Å². The molecule has 0 atom stereocenters. The zero-order valence-electron chi connectivity index (χ0n) is 11.3. The number of nitrogens with zero attached hydrogens (tertiary/aromatic N) is 2. The molecule has 0 radical (unpaired) electrons. The molecule has 0 spiro atoms. The predicted molar refractivity (Wildman–Crippen MR) is 79.3 cm³/mol. The van der Waals surface area contributed by atoms with Crippen LogP contribution in [0.1, 0.15) is 12.6 Å². The molecule has 0 aliphatic carbocycles. The quantitative estimate of drug-likeness (QED) is 0.641. The average Bonchev–Trinajstić information content (AvgIpc) is 2.73. The normalized spacial score (nSPS) is 10.9. The Labute approximate surface area is 122 Å². The predicted octanol–water partition coefficient (Wildman–Crippen LogP) is 3.32. The molecule has 4 nitrogen and oxygen atoms in total. The average molecular weight is 291 g/mol. The van der Waals surface area contributed by atoms with Gasteiger partial charge in [0, 0.05) is 18.7 Å². The van der Waals surface area contributed by atoms with Crippen molar-refractivity contribution < 1.29 is 9.53 Å². The van der Waals surface area contributed by atoms with Crippen molar-refractivity contribution in [1.29, 1.82) is 0 Å². The van der Waals surface area contributed by atoms with Crippen molar-refractivity contribution in [3.05, 3.63) is 47.3 Å². The molecule has 1 aromatic carbocycles. The Morgan fingerprint density at radius 1 is 1.40 bits per heavy atom. The molecule has 5 heteroatoms. The van der Waals surface area contributed by atoms with Gasteiger partial charge in [-0.25, -0.2) is 9.78 Å². The van der Waals surface area contributed by atoms with Crippen molar-refractivity contribution in [3.63, 3.8) is 0 Å². The minimum atomic E-state index is -0.397. The van der Waals surface area contributed by atoms with Crippen LogP contribution in [0.5, 0.6) is 0 Å². The van der Waals surface area contributed by atoms with Gasteiger partial charge in [-0.3, -0.25) is 0 Å². The van der Waals surface area contributed by atoms with Gasteiger partial charge in [0.05, 0.1) is 12.3 Å². The van der Waals surface area contributed by atoms with Crippen LogP contribution < -0.4 is 0 Å². The Balaban J connectivity index is 2.33. The fourth-order valence-corrected chi connectivity index (χ4v) is 2.11. The number of carbonyl (C=O) groups is 1. The van der Waals surface area contributed by atoms with Crippen molar-refractivity contribution in [3.8, 4) is 11.4 Å². The topological polar surface area (TPSA) is 44.1 Å². The van der Waals surface area contributed by atoms with E-state index in [9.17, 15) is 4.79 Å². The lowest BCUT2D eigenvalue weighted by atomic mass is 10.2. The van der Waals surface area contributed by atoms with Crippen LogP contribution in [0.3, 0.4) is 0 Å². The van der Waals surface area contributed by atoms with Gasteiger partial charge in [0.15, 0.2) is 5.15 Å². The first-order chi connectivity index (χ1) is 9.63. The molecular weight excluding hydrogens is 276 g/mol. The van der Waals surface area contributed by atoms with E-state index in [0.29, 0.717) is 17.5 Å². The van der Waals surface area contributed by atoms with Gasteiger partial charge in [0.25, 0.3) is 0 Å². The molecule has 20 heavy (non-hydrogen) atoms. The summed E-state index contributed by atoms with van der Waals surface area (Å²) in [5, 5.41) is 0.354. The van der Waals surface area contributed by atoms with Crippen molar-refractivity contribution >= 4 is 23.6 Å². The number of hydrogen-bond donors (Lipinski definition) is 0. The molecule has 2 rings (SSSR count). The largest absolute Gasteiger partial charge is 0.463 e. The molecule has 0 amide bonds. The standard InChI is InChI=1S/C15H15ClN2O2/c1-3-20-13(19)10-9-12-14(16)17-15(18(12)2)11-7-5-4-6-8-11/h4-10H,3H2,1-2H3/b10-9+. The van der Waals surface area contributed by atoms with Gasteiger partial charge in [0.2, 0.25) is 0 Å². The molecule has 0 bridgehead atoms. The molecule has 0 N–H and O–H groups in total. The van der Waals surface area contributed by atoms with E-state index in [2.05, 4.69) is 4.98 Å². The highest BCUT2D eigenvalue weighted by Crippen LogP contribution is 2.25.